The van der Waals surface area contributed by atoms with Crippen molar-refractivity contribution in [3.63, 3.8) is 0 Å². The fourth-order valence-electron chi connectivity index (χ4n) is 2.18. The zero-order valence-corrected chi connectivity index (χ0v) is 11.6. The minimum atomic E-state index is -2.91. The summed E-state index contributed by atoms with van der Waals surface area (Å²) in [5.41, 5.74) is -5.23. The van der Waals surface area contributed by atoms with Crippen molar-refractivity contribution in [3.8, 4) is 0 Å². The van der Waals surface area contributed by atoms with Gasteiger partial charge in [0.2, 0.25) is 7.28 Å². The van der Waals surface area contributed by atoms with Crippen LogP contribution in [0.25, 0.3) is 0 Å². The van der Waals surface area contributed by atoms with E-state index in [0.717, 1.165) is 6.92 Å². The van der Waals surface area contributed by atoms with Crippen LogP contribution in [0.2, 0.25) is 0 Å². The Kier molecular flexibility index (Phi) is 4.15. The first kappa shape index (κ1) is 16.6. The molecule has 118 valence electrons. The molecule has 2 atom stereocenters. The maximum absolute atomic E-state index is 13.8. The highest BCUT2D eigenvalue weighted by atomic mass is 19.2. The van der Waals surface area contributed by atoms with Crippen LogP contribution in [-0.2, 0) is 0 Å². The first-order chi connectivity index (χ1) is 10.1. The van der Waals surface area contributed by atoms with E-state index in [0.29, 0.717) is 13.0 Å². The third-order valence-corrected chi connectivity index (χ3v) is 3.49. The van der Waals surface area contributed by atoms with E-state index in [2.05, 4.69) is 0 Å². The molecule has 0 amide bonds. The lowest BCUT2D eigenvalue weighted by Gasteiger charge is -2.26. The monoisotopic (exact) mass is 322 g/mol. The van der Waals surface area contributed by atoms with Gasteiger partial charge in [-0.1, -0.05) is 0 Å². The molecule has 0 bridgehead atoms. The second-order valence-corrected chi connectivity index (χ2v) is 5.29. The molecule has 0 saturated carbocycles. The summed E-state index contributed by atoms with van der Waals surface area (Å²) >= 11 is 0. The Morgan fingerprint density at radius 1 is 1.09 bits per heavy atom. The Hall–Kier alpha value is -1.73. The highest BCUT2D eigenvalue weighted by Crippen LogP contribution is 2.37. The fraction of sp³-hybridized carbons (Fsp3) is 0.286. The lowest BCUT2D eigenvalue weighted by atomic mass is 9.60. The predicted molar refractivity (Wildman–Crippen MR) is 69.6 cm³/mol. The second kappa shape index (κ2) is 5.48. The Bertz CT molecular complexity index is 691. The summed E-state index contributed by atoms with van der Waals surface area (Å²) < 4.78 is 95.4. The first-order valence-electron chi connectivity index (χ1n) is 6.29. The van der Waals surface area contributed by atoms with Crippen molar-refractivity contribution in [2.75, 3.05) is 0 Å². The molecule has 1 aliphatic rings. The zero-order chi connectivity index (χ0) is 16.8. The van der Waals surface area contributed by atoms with Crippen LogP contribution in [0.5, 0.6) is 0 Å². The number of hydrogen-bond acceptors (Lipinski definition) is 0. The number of rotatable bonds is 2. The summed E-state index contributed by atoms with van der Waals surface area (Å²) in [5, 5.41) is 0. The molecule has 0 N–H and O–H groups in total. The predicted octanol–water partition coefficient (Wildman–Crippen LogP) is 3.59. The van der Waals surface area contributed by atoms with Gasteiger partial charge in [-0.25, -0.2) is 30.7 Å². The molecule has 0 aliphatic heterocycles. The van der Waals surface area contributed by atoms with Crippen LogP contribution < -0.4 is 5.46 Å². The van der Waals surface area contributed by atoms with E-state index in [4.69, 9.17) is 0 Å². The number of hydrogen-bond donors (Lipinski definition) is 0. The van der Waals surface area contributed by atoms with Gasteiger partial charge in [0.1, 0.15) is 17.5 Å². The zero-order valence-electron chi connectivity index (χ0n) is 11.6. The van der Waals surface area contributed by atoms with Gasteiger partial charge in [-0.05, 0) is 42.5 Å². The number of alkyl halides is 2. The van der Waals surface area contributed by atoms with E-state index in [9.17, 15) is 30.7 Å². The Balaban J connectivity index is 2.50. The van der Waals surface area contributed by atoms with E-state index in [1.165, 1.54) is 0 Å². The molecular formula is C14H10BF7. The van der Waals surface area contributed by atoms with Crippen LogP contribution >= 0.6 is 0 Å². The number of allylic oxidation sites excluding steroid dienone is 4. The molecule has 0 fully saturated rings. The Morgan fingerprint density at radius 3 is 2.27 bits per heavy atom. The SMILES string of the molecule is Cc1cc(F)c(BC2=C(F)C(F)C(C)(F)C=C2F)c(F)c1F. The molecule has 0 aromatic heterocycles. The summed E-state index contributed by atoms with van der Waals surface area (Å²) in [5.74, 6) is -7.49. The van der Waals surface area contributed by atoms with Crippen LogP contribution in [0.1, 0.15) is 12.5 Å². The average Bonchev–Trinajstić information content (AvgIpc) is 2.41. The lowest BCUT2D eigenvalue weighted by molar-refractivity contribution is 0.114. The molecule has 1 aromatic carbocycles. The lowest BCUT2D eigenvalue weighted by Crippen LogP contribution is -2.37. The number of aryl methyl sites for hydroxylation is 1. The highest BCUT2D eigenvalue weighted by Gasteiger charge is 2.43. The Morgan fingerprint density at radius 2 is 1.68 bits per heavy atom. The molecule has 22 heavy (non-hydrogen) atoms. The maximum atomic E-state index is 13.8. The number of benzene rings is 1. The first-order valence-corrected chi connectivity index (χ1v) is 6.29. The number of halogens is 7. The van der Waals surface area contributed by atoms with E-state index < -0.39 is 59.2 Å². The van der Waals surface area contributed by atoms with E-state index >= 15 is 0 Å². The van der Waals surface area contributed by atoms with Gasteiger partial charge in [0.25, 0.3) is 0 Å². The van der Waals surface area contributed by atoms with Gasteiger partial charge in [-0.15, -0.1) is 0 Å². The van der Waals surface area contributed by atoms with E-state index in [-0.39, 0.29) is 11.6 Å². The molecule has 0 heterocycles. The third kappa shape index (κ3) is 2.66. The molecule has 1 aliphatic carbocycles. The summed E-state index contributed by atoms with van der Waals surface area (Å²) in [6.45, 7) is 1.73. The summed E-state index contributed by atoms with van der Waals surface area (Å²) in [6.07, 6.45) is -2.61. The molecule has 0 nitrogen and oxygen atoms in total. The van der Waals surface area contributed by atoms with Gasteiger partial charge in [0.15, 0.2) is 23.5 Å². The summed E-state index contributed by atoms with van der Waals surface area (Å²) in [6, 6.07) is 0.656. The molecular weight excluding hydrogens is 312 g/mol. The van der Waals surface area contributed by atoms with Gasteiger partial charge < -0.3 is 0 Å². The largest absolute Gasteiger partial charge is 0.236 e. The molecule has 2 rings (SSSR count). The standard InChI is InChI=1S/C14H10BF7/c1-5-3-6(16)8(11(19)10(5)18)15-9-7(17)4-14(2,22)13(21)12(9)20/h3-4,13,15H,1-2H3. The minimum absolute atomic E-state index is 0.191. The fourth-order valence-corrected chi connectivity index (χ4v) is 2.18. The molecule has 2 unspecified atom stereocenters. The molecule has 0 radical (unpaired) electrons. The van der Waals surface area contributed by atoms with Gasteiger partial charge >= 0.3 is 0 Å². The van der Waals surface area contributed by atoms with Crippen molar-refractivity contribution in [2.45, 2.75) is 25.7 Å². The smallest absolute Gasteiger partial charge is 0.207 e. The van der Waals surface area contributed by atoms with Crippen LogP contribution in [0.4, 0.5) is 30.7 Å². The molecule has 0 spiro atoms. The quantitative estimate of drug-likeness (QED) is 0.443. The molecule has 0 saturated heterocycles. The minimum Gasteiger partial charge on any atom is -0.236 e. The third-order valence-electron chi connectivity index (χ3n) is 3.49. The molecule has 1 aromatic rings. The van der Waals surface area contributed by atoms with Crippen molar-refractivity contribution in [2.24, 2.45) is 0 Å². The normalized spacial score (nSPS) is 25.3. The van der Waals surface area contributed by atoms with Crippen LogP contribution in [-0.4, -0.2) is 19.1 Å². The Labute approximate surface area is 122 Å². The van der Waals surface area contributed by atoms with Crippen molar-refractivity contribution < 1.29 is 30.7 Å². The van der Waals surface area contributed by atoms with Crippen LogP contribution in [0.3, 0.4) is 0 Å². The van der Waals surface area contributed by atoms with Gasteiger partial charge in [-0.2, -0.15) is 0 Å². The maximum Gasteiger partial charge on any atom is 0.207 e. The summed E-state index contributed by atoms with van der Waals surface area (Å²) in [7, 11) is -1.07. The average molecular weight is 322 g/mol. The topological polar surface area (TPSA) is 0 Å². The van der Waals surface area contributed by atoms with Crippen molar-refractivity contribution in [1.82, 2.24) is 0 Å². The second-order valence-electron chi connectivity index (χ2n) is 5.29. The van der Waals surface area contributed by atoms with Gasteiger partial charge in [0.05, 0.1) is 0 Å². The van der Waals surface area contributed by atoms with E-state index in [1.807, 2.05) is 0 Å². The van der Waals surface area contributed by atoms with Crippen molar-refractivity contribution in [1.29, 1.82) is 0 Å². The van der Waals surface area contributed by atoms with Crippen LogP contribution in [0.15, 0.2) is 29.3 Å². The highest BCUT2D eigenvalue weighted by molar-refractivity contribution is 6.62. The van der Waals surface area contributed by atoms with Crippen molar-refractivity contribution in [3.05, 3.63) is 52.3 Å². The molecule has 8 heteroatoms. The van der Waals surface area contributed by atoms with Crippen LogP contribution in [0, 0.1) is 24.4 Å². The van der Waals surface area contributed by atoms with Crippen molar-refractivity contribution >= 4 is 12.7 Å². The van der Waals surface area contributed by atoms with E-state index in [1.54, 1.807) is 0 Å². The summed E-state index contributed by atoms with van der Waals surface area (Å²) in [4.78, 5) is 0. The van der Waals surface area contributed by atoms with Gasteiger partial charge in [0, 0.05) is 0 Å². The van der Waals surface area contributed by atoms with Gasteiger partial charge in [-0.3, -0.25) is 0 Å².